The number of nitrogens with one attached hydrogen (secondary N) is 2. The van der Waals surface area contributed by atoms with Gasteiger partial charge in [0, 0.05) is 18.2 Å². The molecule has 0 saturated carbocycles. The number of carbonyl (C=O) groups excluding carboxylic acids is 1. The number of carbonyl (C=O) groups is 1. The highest BCUT2D eigenvalue weighted by Gasteiger charge is 2.49. The van der Waals surface area contributed by atoms with Gasteiger partial charge in [0.1, 0.15) is 23.6 Å². The number of aromatic amines is 1. The van der Waals surface area contributed by atoms with Crippen LogP contribution in [0.1, 0.15) is 33.9 Å². The van der Waals surface area contributed by atoms with E-state index >= 15 is 0 Å². The van der Waals surface area contributed by atoms with Gasteiger partial charge >= 0.3 is 19.4 Å². The van der Waals surface area contributed by atoms with Crippen molar-refractivity contribution in [3.63, 3.8) is 0 Å². The van der Waals surface area contributed by atoms with Gasteiger partial charge in [-0.1, -0.05) is 25.1 Å². The number of hydrogen-bond donors (Lipinski definition) is 3. The Balaban J connectivity index is 1.78. The summed E-state index contributed by atoms with van der Waals surface area (Å²) in [6.45, 7) is 5.68. The van der Waals surface area contributed by atoms with E-state index in [0.717, 1.165) is 10.6 Å². The van der Waals surface area contributed by atoms with Crippen LogP contribution in [0.15, 0.2) is 52.2 Å². The first-order valence-electron chi connectivity index (χ1n) is 11.1. The minimum absolute atomic E-state index is 0.216. The average molecular weight is 511 g/mol. The van der Waals surface area contributed by atoms with Gasteiger partial charge in [-0.25, -0.2) is 9.36 Å². The highest BCUT2D eigenvalue weighted by molar-refractivity contribution is 7.52. The van der Waals surface area contributed by atoms with Crippen LogP contribution in [-0.4, -0.2) is 51.6 Å². The molecule has 1 saturated heterocycles. The normalized spacial score (nSPS) is 24.6. The van der Waals surface area contributed by atoms with Crippen molar-refractivity contribution in [3.05, 3.63) is 63.4 Å². The molecule has 0 radical (unpaired) electrons. The number of aliphatic hydroxyl groups is 1. The van der Waals surface area contributed by atoms with Gasteiger partial charge in [-0.3, -0.25) is 23.7 Å². The number of rotatable bonds is 10. The molecule has 3 N–H and O–H groups in total. The summed E-state index contributed by atoms with van der Waals surface area (Å²) in [6, 6.07) is 8.31. The number of ether oxygens (including phenoxy) is 2. The Bertz CT molecular complexity index is 1180. The van der Waals surface area contributed by atoms with Crippen LogP contribution in [0.2, 0.25) is 0 Å². The van der Waals surface area contributed by atoms with Gasteiger partial charge in [-0.15, -0.1) is 0 Å². The van der Waals surface area contributed by atoms with Crippen molar-refractivity contribution in [2.24, 2.45) is 5.92 Å². The summed E-state index contributed by atoms with van der Waals surface area (Å²) in [4.78, 5) is 37.9. The number of para-hydroxylation sites is 1. The Morgan fingerprint density at radius 1 is 1.29 bits per heavy atom. The lowest BCUT2D eigenvalue weighted by atomic mass is 9.91. The summed E-state index contributed by atoms with van der Waals surface area (Å²) in [5, 5.41) is 13.7. The zero-order chi connectivity index (χ0) is 25.8. The van der Waals surface area contributed by atoms with Gasteiger partial charge in [-0.05, 0) is 32.9 Å². The van der Waals surface area contributed by atoms with Crippen molar-refractivity contribution in [2.75, 3.05) is 13.2 Å². The largest absolute Gasteiger partial charge is 0.462 e. The molecule has 192 valence electrons. The Kier molecular flexibility index (Phi) is 8.34. The molecule has 0 aliphatic carbocycles. The Labute approximate surface area is 201 Å². The van der Waals surface area contributed by atoms with Crippen LogP contribution < -0.4 is 20.9 Å². The smallest absolute Gasteiger partial charge is 0.459 e. The molecule has 0 amide bonds. The Morgan fingerprint density at radius 3 is 2.60 bits per heavy atom. The number of benzene rings is 1. The van der Waals surface area contributed by atoms with E-state index in [9.17, 15) is 24.1 Å². The second kappa shape index (κ2) is 10.9. The topological polar surface area (TPSA) is 158 Å². The lowest BCUT2D eigenvalue weighted by Crippen LogP contribution is -2.44. The molecule has 35 heavy (non-hydrogen) atoms. The van der Waals surface area contributed by atoms with Crippen LogP contribution in [0.4, 0.5) is 0 Å². The molecular formula is C22H30N3O9P. The highest BCUT2D eigenvalue weighted by atomic mass is 31.2. The van der Waals surface area contributed by atoms with Crippen molar-refractivity contribution in [2.45, 2.75) is 51.7 Å². The average Bonchev–Trinajstić information content (AvgIpc) is 3.07. The minimum atomic E-state index is -4.21. The molecule has 1 aromatic heterocycles. The predicted molar refractivity (Wildman–Crippen MR) is 125 cm³/mol. The van der Waals surface area contributed by atoms with E-state index < -0.39 is 55.4 Å². The lowest BCUT2D eigenvalue weighted by molar-refractivity contribution is -0.149. The number of hydrogen-bond acceptors (Lipinski definition) is 9. The summed E-state index contributed by atoms with van der Waals surface area (Å²) in [5.74, 6) is -1.15. The number of esters is 1. The van der Waals surface area contributed by atoms with Crippen molar-refractivity contribution >= 4 is 13.7 Å². The summed E-state index contributed by atoms with van der Waals surface area (Å²) in [6.07, 6.45) is -0.0233. The van der Waals surface area contributed by atoms with Crippen LogP contribution in [0.5, 0.6) is 5.75 Å². The predicted octanol–water partition coefficient (Wildman–Crippen LogP) is 1.57. The van der Waals surface area contributed by atoms with E-state index in [1.54, 1.807) is 51.1 Å². The summed E-state index contributed by atoms with van der Waals surface area (Å²) in [5.41, 5.74) is -2.93. The third-order valence-corrected chi connectivity index (χ3v) is 7.04. The molecule has 12 nitrogen and oxygen atoms in total. The van der Waals surface area contributed by atoms with E-state index in [4.69, 9.17) is 18.5 Å². The second-order valence-corrected chi connectivity index (χ2v) is 10.3. The van der Waals surface area contributed by atoms with Crippen LogP contribution in [0.3, 0.4) is 0 Å². The first kappa shape index (κ1) is 26.8. The number of H-pyrrole nitrogens is 1. The maximum absolute atomic E-state index is 13.6. The summed E-state index contributed by atoms with van der Waals surface area (Å²) >= 11 is 0. The van der Waals surface area contributed by atoms with E-state index in [-0.39, 0.29) is 18.5 Å². The third kappa shape index (κ3) is 6.68. The van der Waals surface area contributed by atoms with Gasteiger partial charge < -0.3 is 19.1 Å². The van der Waals surface area contributed by atoms with Gasteiger partial charge in [0.25, 0.3) is 5.56 Å². The molecule has 13 heteroatoms. The van der Waals surface area contributed by atoms with Crippen molar-refractivity contribution in [3.8, 4) is 5.75 Å². The maximum atomic E-state index is 13.6. The Morgan fingerprint density at radius 2 is 1.97 bits per heavy atom. The molecule has 1 aromatic carbocycles. The molecule has 0 spiro atoms. The number of nitrogens with zero attached hydrogens (tertiary/aromatic N) is 1. The fourth-order valence-electron chi connectivity index (χ4n) is 3.42. The third-order valence-electron chi connectivity index (χ3n) is 5.42. The molecule has 3 rings (SSSR count). The first-order valence-corrected chi connectivity index (χ1v) is 12.6. The summed E-state index contributed by atoms with van der Waals surface area (Å²) < 4.78 is 36.7. The maximum Gasteiger partial charge on any atom is 0.459 e. The molecule has 5 atom stereocenters. The van der Waals surface area contributed by atoms with E-state index in [1.807, 2.05) is 0 Å². The number of aromatic nitrogens is 2. The van der Waals surface area contributed by atoms with Gasteiger partial charge in [-0.2, -0.15) is 5.09 Å². The standard InChI is InChI=1S/C22H30N3O9P/c1-14(2)33-20(27)16(4)24-35(30,34-17-8-6-5-7-9-17)32-13-22(29)12-31-19(15(22)3)25-11-10-18(26)23-21(25)28/h5-11,14-16,19,29H,12-13H2,1-4H3,(H,24,30)(H,23,26,28). The monoisotopic (exact) mass is 511 g/mol. The molecule has 0 bridgehead atoms. The summed E-state index contributed by atoms with van der Waals surface area (Å²) in [7, 11) is -4.21. The molecular weight excluding hydrogens is 481 g/mol. The zero-order valence-electron chi connectivity index (χ0n) is 19.9. The van der Waals surface area contributed by atoms with Crippen LogP contribution >= 0.6 is 7.75 Å². The van der Waals surface area contributed by atoms with Gasteiger partial charge in [0.2, 0.25) is 0 Å². The van der Waals surface area contributed by atoms with Crippen molar-refractivity contribution in [1.82, 2.24) is 14.6 Å². The SMILES string of the molecule is CC(C)OC(=O)C(C)NP(=O)(OCC1(O)COC(n2ccc(=O)[nH]c2=O)C1C)Oc1ccccc1. The second-order valence-electron chi connectivity index (χ2n) is 8.62. The quantitative estimate of drug-likeness (QED) is 0.316. The van der Waals surface area contributed by atoms with Crippen LogP contribution in [0, 0.1) is 5.92 Å². The molecule has 5 unspecified atom stereocenters. The van der Waals surface area contributed by atoms with Gasteiger partial charge in [0.05, 0.1) is 19.3 Å². The fraction of sp³-hybridized carbons (Fsp3) is 0.500. The molecule has 2 heterocycles. The van der Waals surface area contributed by atoms with Crippen molar-refractivity contribution in [1.29, 1.82) is 0 Å². The van der Waals surface area contributed by atoms with E-state index in [2.05, 4.69) is 10.1 Å². The van der Waals surface area contributed by atoms with Crippen molar-refractivity contribution < 1.29 is 33.0 Å². The molecule has 1 aliphatic heterocycles. The molecule has 1 fully saturated rings. The van der Waals surface area contributed by atoms with Gasteiger partial charge in [0.15, 0.2) is 0 Å². The van der Waals surface area contributed by atoms with Crippen LogP contribution in [0.25, 0.3) is 0 Å². The molecule has 1 aliphatic rings. The minimum Gasteiger partial charge on any atom is -0.462 e. The Hall–Kier alpha value is -2.76. The van der Waals surface area contributed by atoms with E-state index in [1.165, 1.54) is 13.1 Å². The first-order chi connectivity index (χ1) is 16.4. The van der Waals surface area contributed by atoms with E-state index in [0.29, 0.717) is 0 Å². The fourth-order valence-corrected chi connectivity index (χ4v) is 4.98. The molecule has 2 aromatic rings. The lowest BCUT2D eigenvalue weighted by Gasteiger charge is -2.30. The highest BCUT2D eigenvalue weighted by Crippen LogP contribution is 2.47. The van der Waals surface area contributed by atoms with Crippen LogP contribution in [-0.2, 0) is 23.4 Å². The zero-order valence-corrected chi connectivity index (χ0v) is 20.8.